The number of halogens is 1. The number of aliphatic hydroxyl groups is 2. The molecule has 3 rings (SSSR count). The predicted octanol–water partition coefficient (Wildman–Crippen LogP) is 2.00. The van der Waals surface area contributed by atoms with Gasteiger partial charge in [-0.25, -0.2) is 4.39 Å². The summed E-state index contributed by atoms with van der Waals surface area (Å²) in [5, 5.41) is 20.9. The van der Waals surface area contributed by atoms with Crippen LogP contribution in [0, 0.1) is 12.7 Å². The number of piperidine rings is 1. The summed E-state index contributed by atoms with van der Waals surface area (Å²) in [5.41, 5.74) is 0.357. The van der Waals surface area contributed by atoms with Gasteiger partial charge in [-0.2, -0.15) is 0 Å². The molecule has 4 nitrogen and oxygen atoms in total. The highest BCUT2D eigenvalue weighted by Crippen LogP contribution is 2.40. The van der Waals surface area contributed by atoms with Crippen molar-refractivity contribution in [1.82, 2.24) is 4.90 Å². The van der Waals surface area contributed by atoms with Crippen molar-refractivity contribution in [3.63, 3.8) is 0 Å². The molecule has 2 aliphatic heterocycles. The number of ether oxygens (including phenoxy) is 1. The average molecular weight is 323 g/mol. The fourth-order valence-corrected chi connectivity index (χ4v) is 3.80. The summed E-state index contributed by atoms with van der Waals surface area (Å²) in [4.78, 5) is 2.26. The molecule has 5 heteroatoms. The molecule has 0 amide bonds. The molecule has 128 valence electrons. The number of hydrogen-bond donors (Lipinski definition) is 2. The van der Waals surface area contributed by atoms with Crippen LogP contribution < -0.4 is 0 Å². The summed E-state index contributed by atoms with van der Waals surface area (Å²) in [6, 6.07) is 4.89. The van der Waals surface area contributed by atoms with E-state index in [9.17, 15) is 14.6 Å². The van der Waals surface area contributed by atoms with Crippen LogP contribution in [0.3, 0.4) is 0 Å². The molecule has 0 unspecified atom stereocenters. The van der Waals surface area contributed by atoms with Crippen LogP contribution in [0.15, 0.2) is 18.2 Å². The predicted molar refractivity (Wildman–Crippen MR) is 85.6 cm³/mol. The lowest BCUT2D eigenvalue weighted by atomic mass is 9.75. The van der Waals surface area contributed by atoms with Gasteiger partial charge < -0.3 is 14.9 Å². The lowest BCUT2D eigenvalue weighted by molar-refractivity contribution is -0.246. The van der Waals surface area contributed by atoms with E-state index in [0.717, 1.165) is 24.2 Å². The van der Waals surface area contributed by atoms with Gasteiger partial charge in [0.15, 0.2) is 0 Å². The van der Waals surface area contributed by atoms with Crippen LogP contribution >= 0.6 is 0 Å². The van der Waals surface area contributed by atoms with Crippen LogP contribution in [0.2, 0.25) is 0 Å². The zero-order chi connectivity index (χ0) is 16.7. The van der Waals surface area contributed by atoms with Crippen molar-refractivity contribution in [2.45, 2.75) is 57.0 Å². The van der Waals surface area contributed by atoms with E-state index in [-0.39, 0.29) is 5.82 Å². The third kappa shape index (κ3) is 3.29. The molecule has 0 bridgehead atoms. The van der Waals surface area contributed by atoms with E-state index in [1.54, 1.807) is 19.1 Å². The molecule has 1 spiro atoms. The molecular weight excluding hydrogens is 297 g/mol. The standard InChI is InChI=1S/C18H26FNO3/c1-13-3-4-15(19)11-14(13)12-20-8-5-18(6-9-20)16(21)17(2,22)7-10-23-18/h3-4,11,16,21-22H,5-10,12H2,1-2H3/t16-,17+/m0/s1. The number of hydrogen-bond acceptors (Lipinski definition) is 4. The Hall–Kier alpha value is -1.01. The molecule has 0 aliphatic carbocycles. The van der Waals surface area contributed by atoms with Crippen LogP contribution in [-0.4, -0.2) is 52.1 Å². The summed E-state index contributed by atoms with van der Waals surface area (Å²) in [6.45, 7) is 6.39. The van der Waals surface area contributed by atoms with Crippen LogP contribution in [0.4, 0.5) is 4.39 Å². The molecule has 2 heterocycles. The van der Waals surface area contributed by atoms with Gasteiger partial charge >= 0.3 is 0 Å². The highest BCUT2D eigenvalue weighted by molar-refractivity contribution is 5.26. The minimum atomic E-state index is -1.08. The van der Waals surface area contributed by atoms with E-state index in [4.69, 9.17) is 4.74 Å². The second-order valence-electron chi connectivity index (χ2n) is 7.27. The zero-order valence-electron chi connectivity index (χ0n) is 13.9. The van der Waals surface area contributed by atoms with Gasteiger partial charge in [0.25, 0.3) is 0 Å². The largest absolute Gasteiger partial charge is 0.387 e. The molecule has 2 N–H and O–H groups in total. The van der Waals surface area contributed by atoms with Gasteiger partial charge in [-0.1, -0.05) is 6.07 Å². The molecular formula is C18H26FNO3. The quantitative estimate of drug-likeness (QED) is 0.874. The Morgan fingerprint density at radius 1 is 1.30 bits per heavy atom. The first-order chi connectivity index (χ1) is 10.8. The van der Waals surface area contributed by atoms with E-state index >= 15 is 0 Å². The van der Waals surface area contributed by atoms with E-state index in [0.29, 0.717) is 32.4 Å². The zero-order valence-corrected chi connectivity index (χ0v) is 13.9. The molecule has 2 saturated heterocycles. The van der Waals surface area contributed by atoms with Gasteiger partial charge in [0, 0.05) is 26.1 Å². The first-order valence-corrected chi connectivity index (χ1v) is 8.34. The van der Waals surface area contributed by atoms with Gasteiger partial charge in [0.05, 0.1) is 17.8 Å². The topological polar surface area (TPSA) is 52.9 Å². The summed E-state index contributed by atoms with van der Waals surface area (Å²) in [7, 11) is 0. The Labute approximate surface area is 136 Å². The summed E-state index contributed by atoms with van der Waals surface area (Å²) in [5.74, 6) is -0.207. The fraction of sp³-hybridized carbons (Fsp3) is 0.667. The number of rotatable bonds is 2. The van der Waals surface area contributed by atoms with Crippen molar-refractivity contribution in [1.29, 1.82) is 0 Å². The van der Waals surface area contributed by atoms with Crippen LogP contribution in [0.1, 0.15) is 37.3 Å². The third-order valence-corrected chi connectivity index (χ3v) is 5.49. The summed E-state index contributed by atoms with van der Waals surface area (Å²) in [6.07, 6.45) is 0.959. The van der Waals surface area contributed by atoms with E-state index in [1.165, 1.54) is 6.07 Å². The van der Waals surface area contributed by atoms with Crippen molar-refractivity contribution in [3.05, 3.63) is 35.1 Å². The Morgan fingerprint density at radius 3 is 2.70 bits per heavy atom. The first kappa shape index (κ1) is 16.8. The molecule has 1 aromatic rings. The minimum Gasteiger partial charge on any atom is -0.387 e. The van der Waals surface area contributed by atoms with Gasteiger partial charge in [0.2, 0.25) is 0 Å². The fourth-order valence-electron chi connectivity index (χ4n) is 3.80. The first-order valence-electron chi connectivity index (χ1n) is 8.34. The molecule has 2 aliphatic rings. The molecule has 2 fully saturated rings. The highest BCUT2D eigenvalue weighted by atomic mass is 19.1. The molecule has 0 aromatic heterocycles. The monoisotopic (exact) mass is 323 g/mol. The molecule has 2 atom stereocenters. The van der Waals surface area contributed by atoms with Crippen molar-refractivity contribution < 1.29 is 19.3 Å². The van der Waals surface area contributed by atoms with Crippen molar-refractivity contribution >= 4 is 0 Å². The number of benzene rings is 1. The smallest absolute Gasteiger partial charge is 0.123 e. The Bertz CT molecular complexity index is 567. The average Bonchev–Trinajstić information content (AvgIpc) is 2.51. The van der Waals surface area contributed by atoms with Gasteiger partial charge in [-0.15, -0.1) is 0 Å². The summed E-state index contributed by atoms with van der Waals surface area (Å²) < 4.78 is 19.3. The van der Waals surface area contributed by atoms with E-state index < -0.39 is 17.3 Å². The lowest BCUT2D eigenvalue weighted by Gasteiger charge is -2.51. The number of aliphatic hydroxyl groups excluding tert-OH is 1. The second kappa shape index (κ2) is 6.13. The number of likely N-dealkylation sites (tertiary alicyclic amines) is 1. The molecule has 23 heavy (non-hydrogen) atoms. The van der Waals surface area contributed by atoms with Crippen molar-refractivity contribution in [2.75, 3.05) is 19.7 Å². The Morgan fingerprint density at radius 2 is 2.00 bits per heavy atom. The van der Waals surface area contributed by atoms with Crippen LogP contribution in [0.5, 0.6) is 0 Å². The molecule has 0 radical (unpaired) electrons. The van der Waals surface area contributed by atoms with Crippen molar-refractivity contribution in [2.24, 2.45) is 0 Å². The maximum atomic E-state index is 13.4. The summed E-state index contributed by atoms with van der Waals surface area (Å²) >= 11 is 0. The maximum absolute atomic E-state index is 13.4. The number of nitrogens with zero attached hydrogens (tertiary/aromatic N) is 1. The van der Waals surface area contributed by atoms with E-state index in [1.807, 2.05) is 6.92 Å². The SMILES string of the molecule is Cc1ccc(F)cc1CN1CCC2(CC1)OCC[C@@](C)(O)[C@@H]2O. The van der Waals surface area contributed by atoms with Crippen LogP contribution in [0.25, 0.3) is 0 Å². The third-order valence-electron chi connectivity index (χ3n) is 5.49. The van der Waals surface area contributed by atoms with Crippen LogP contribution in [-0.2, 0) is 11.3 Å². The molecule has 1 aromatic carbocycles. The normalized spacial score (nSPS) is 31.4. The van der Waals surface area contributed by atoms with E-state index in [2.05, 4.69) is 4.90 Å². The number of aryl methyl sites for hydroxylation is 1. The maximum Gasteiger partial charge on any atom is 0.123 e. The lowest BCUT2D eigenvalue weighted by Crippen LogP contribution is -2.64. The minimum absolute atomic E-state index is 0.207. The molecule has 0 saturated carbocycles. The highest BCUT2D eigenvalue weighted by Gasteiger charge is 2.52. The Balaban J connectivity index is 1.65. The Kier molecular flexibility index (Phi) is 4.49. The van der Waals surface area contributed by atoms with Crippen molar-refractivity contribution in [3.8, 4) is 0 Å². The van der Waals surface area contributed by atoms with Gasteiger partial charge in [-0.05, 0) is 49.9 Å². The second-order valence-corrected chi connectivity index (χ2v) is 7.27. The van der Waals surface area contributed by atoms with Gasteiger partial charge in [-0.3, -0.25) is 4.90 Å². The van der Waals surface area contributed by atoms with Gasteiger partial charge in [0.1, 0.15) is 11.9 Å².